The molecule has 0 aliphatic rings. The van der Waals surface area contributed by atoms with E-state index in [1.165, 1.54) is 0 Å². The Morgan fingerprint density at radius 3 is 2.43 bits per heavy atom. The number of nitrogens with zero attached hydrogens (tertiary/aromatic N) is 1. The third kappa shape index (κ3) is 4.56. The van der Waals surface area contributed by atoms with Gasteiger partial charge in [-0.3, -0.25) is 4.79 Å². The molecule has 5 heteroatoms. The van der Waals surface area contributed by atoms with Crippen LogP contribution in [0.5, 0.6) is 0 Å². The molecule has 0 saturated carbocycles. The molecule has 2 rings (SSSR count). The maximum atomic E-state index is 12.1. The van der Waals surface area contributed by atoms with Gasteiger partial charge in [0.15, 0.2) is 0 Å². The van der Waals surface area contributed by atoms with Gasteiger partial charge in [-0.2, -0.15) is 0 Å². The molecule has 2 aromatic rings. The van der Waals surface area contributed by atoms with Crippen LogP contribution in [0, 0.1) is 0 Å². The molecule has 0 aliphatic heterocycles. The lowest BCUT2D eigenvalue weighted by molar-refractivity contribution is 0.102. The number of aromatic nitrogens is 1. The predicted molar refractivity (Wildman–Crippen MR) is 89.7 cm³/mol. The summed E-state index contributed by atoms with van der Waals surface area (Å²) < 4.78 is 0.971. The Balaban J connectivity index is 2.01. The van der Waals surface area contributed by atoms with E-state index in [0.717, 1.165) is 22.3 Å². The first kappa shape index (κ1) is 15.5. The average Bonchev–Trinajstić information content (AvgIpc) is 2.50. The lowest BCUT2D eigenvalue weighted by atomic mass is 10.2. The summed E-state index contributed by atoms with van der Waals surface area (Å²) in [6.45, 7) is 4.22. The molecular weight excluding hydrogens is 330 g/mol. The highest BCUT2D eigenvalue weighted by molar-refractivity contribution is 9.10. The van der Waals surface area contributed by atoms with Gasteiger partial charge in [0.05, 0.1) is 11.9 Å². The number of carbonyl (C=O) groups is 1. The van der Waals surface area contributed by atoms with Crippen LogP contribution in [0.2, 0.25) is 0 Å². The first-order valence-electron chi connectivity index (χ1n) is 6.88. The molecule has 110 valence electrons. The molecule has 0 spiro atoms. The van der Waals surface area contributed by atoms with Crippen LogP contribution in [-0.2, 0) is 0 Å². The van der Waals surface area contributed by atoms with E-state index in [2.05, 4.69) is 45.4 Å². The standard InChI is InChI=1S/C16H18BrN3O/c1-3-11(2)19-14-8-9-15(18-10-14)16(21)20-13-6-4-12(17)5-7-13/h4-11,19H,3H2,1-2H3,(H,20,21). The summed E-state index contributed by atoms with van der Waals surface area (Å²) in [5.41, 5.74) is 2.06. The van der Waals surface area contributed by atoms with E-state index < -0.39 is 0 Å². The highest BCUT2D eigenvalue weighted by Crippen LogP contribution is 2.15. The highest BCUT2D eigenvalue weighted by atomic mass is 79.9. The second kappa shape index (κ2) is 7.22. The molecule has 0 saturated heterocycles. The number of hydrogen-bond acceptors (Lipinski definition) is 3. The van der Waals surface area contributed by atoms with E-state index in [0.29, 0.717) is 11.7 Å². The highest BCUT2D eigenvalue weighted by Gasteiger charge is 2.08. The number of rotatable bonds is 5. The molecule has 1 aromatic heterocycles. The van der Waals surface area contributed by atoms with E-state index >= 15 is 0 Å². The van der Waals surface area contributed by atoms with E-state index in [1.807, 2.05) is 30.3 Å². The van der Waals surface area contributed by atoms with Crippen LogP contribution in [0.1, 0.15) is 30.8 Å². The summed E-state index contributed by atoms with van der Waals surface area (Å²) >= 11 is 3.36. The zero-order valence-corrected chi connectivity index (χ0v) is 13.6. The topological polar surface area (TPSA) is 54.0 Å². The second-order valence-corrected chi connectivity index (χ2v) is 5.76. The van der Waals surface area contributed by atoms with Crippen molar-refractivity contribution >= 4 is 33.2 Å². The molecule has 1 amide bonds. The SMILES string of the molecule is CCC(C)Nc1ccc(C(=O)Nc2ccc(Br)cc2)nc1. The Bertz CT molecular complexity index is 596. The van der Waals surface area contributed by atoms with Gasteiger partial charge in [-0.15, -0.1) is 0 Å². The fraction of sp³-hybridized carbons (Fsp3) is 0.250. The molecular formula is C16H18BrN3O. The molecule has 0 bridgehead atoms. The first-order chi connectivity index (χ1) is 10.1. The van der Waals surface area contributed by atoms with E-state index in [4.69, 9.17) is 0 Å². The van der Waals surface area contributed by atoms with Gasteiger partial charge in [0.1, 0.15) is 5.69 Å². The van der Waals surface area contributed by atoms with Crippen LogP contribution in [0.3, 0.4) is 0 Å². The lowest BCUT2D eigenvalue weighted by Crippen LogP contribution is -2.16. The van der Waals surface area contributed by atoms with Gasteiger partial charge < -0.3 is 10.6 Å². The monoisotopic (exact) mass is 347 g/mol. The van der Waals surface area contributed by atoms with E-state index in [9.17, 15) is 4.79 Å². The van der Waals surface area contributed by atoms with Crippen LogP contribution in [-0.4, -0.2) is 16.9 Å². The molecule has 0 aliphatic carbocycles. The Kier molecular flexibility index (Phi) is 5.33. The largest absolute Gasteiger partial charge is 0.381 e. The van der Waals surface area contributed by atoms with E-state index in [-0.39, 0.29) is 5.91 Å². The van der Waals surface area contributed by atoms with Crippen molar-refractivity contribution in [3.05, 3.63) is 52.8 Å². The minimum atomic E-state index is -0.215. The van der Waals surface area contributed by atoms with E-state index in [1.54, 1.807) is 12.3 Å². The summed E-state index contributed by atoms with van der Waals surface area (Å²) in [4.78, 5) is 16.3. The molecule has 1 aromatic carbocycles. The predicted octanol–water partition coefficient (Wildman–Crippen LogP) is 4.31. The number of pyridine rings is 1. The minimum absolute atomic E-state index is 0.215. The zero-order valence-electron chi connectivity index (χ0n) is 12.1. The molecule has 21 heavy (non-hydrogen) atoms. The first-order valence-corrected chi connectivity index (χ1v) is 7.67. The van der Waals surface area contributed by atoms with Gasteiger partial charge in [-0.25, -0.2) is 4.98 Å². The maximum Gasteiger partial charge on any atom is 0.274 e. The molecule has 0 fully saturated rings. The number of carbonyl (C=O) groups excluding carboxylic acids is 1. The number of halogens is 1. The van der Waals surface area contributed by atoms with Crippen molar-refractivity contribution in [2.24, 2.45) is 0 Å². The van der Waals surface area contributed by atoms with Crippen molar-refractivity contribution in [1.29, 1.82) is 0 Å². The lowest BCUT2D eigenvalue weighted by Gasteiger charge is -2.12. The molecule has 4 nitrogen and oxygen atoms in total. The number of benzene rings is 1. The molecule has 1 unspecified atom stereocenters. The summed E-state index contributed by atoms with van der Waals surface area (Å²) in [6, 6.07) is 11.4. The molecule has 2 N–H and O–H groups in total. The van der Waals surface area contributed by atoms with Crippen LogP contribution in [0.4, 0.5) is 11.4 Å². The van der Waals surface area contributed by atoms with Crippen LogP contribution >= 0.6 is 15.9 Å². The zero-order chi connectivity index (χ0) is 15.2. The summed E-state index contributed by atoms with van der Waals surface area (Å²) in [7, 11) is 0. The number of nitrogens with one attached hydrogen (secondary N) is 2. The smallest absolute Gasteiger partial charge is 0.274 e. The second-order valence-electron chi connectivity index (χ2n) is 4.85. The molecule has 1 atom stereocenters. The molecule has 1 heterocycles. The van der Waals surface area contributed by atoms with Gasteiger partial charge in [-0.05, 0) is 49.7 Å². The van der Waals surface area contributed by atoms with Crippen LogP contribution in [0.25, 0.3) is 0 Å². The summed E-state index contributed by atoms with van der Waals surface area (Å²) in [6.07, 6.45) is 2.72. The number of anilines is 2. The maximum absolute atomic E-state index is 12.1. The fourth-order valence-corrected chi connectivity index (χ4v) is 1.99. The quantitative estimate of drug-likeness (QED) is 0.847. The fourth-order valence-electron chi connectivity index (χ4n) is 1.73. The van der Waals surface area contributed by atoms with Gasteiger partial charge in [-0.1, -0.05) is 22.9 Å². The van der Waals surface area contributed by atoms with Crippen molar-refractivity contribution in [2.45, 2.75) is 26.3 Å². The Labute approximate surface area is 133 Å². The number of hydrogen-bond donors (Lipinski definition) is 2. The Morgan fingerprint density at radius 1 is 1.19 bits per heavy atom. The average molecular weight is 348 g/mol. The minimum Gasteiger partial charge on any atom is -0.381 e. The van der Waals surface area contributed by atoms with Gasteiger partial charge in [0.25, 0.3) is 5.91 Å². The molecule has 0 radical (unpaired) electrons. The Morgan fingerprint density at radius 2 is 1.86 bits per heavy atom. The normalized spacial score (nSPS) is 11.8. The van der Waals surface area contributed by atoms with Crippen molar-refractivity contribution in [3.63, 3.8) is 0 Å². The van der Waals surface area contributed by atoms with Crippen LogP contribution in [0.15, 0.2) is 47.1 Å². The number of amides is 1. The summed E-state index contributed by atoms with van der Waals surface area (Å²) in [5.74, 6) is -0.215. The van der Waals surface area contributed by atoms with Gasteiger partial charge in [0.2, 0.25) is 0 Å². The van der Waals surface area contributed by atoms with Crippen molar-refractivity contribution in [1.82, 2.24) is 4.98 Å². The summed E-state index contributed by atoms with van der Waals surface area (Å²) in [5, 5.41) is 6.13. The third-order valence-electron chi connectivity index (χ3n) is 3.12. The van der Waals surface area contributed by atoms with Gasteiger partial charge in [0, 0.05) is 16.2 Å². The van der Waals surface area contributed by atoms with Gasteiger partial charge >= 0.3 is 0 Å². The van der Waals surface area contributed by atoms with Crippen molar-refractivity contribution in [3.8, 4) is 0 Å². The van der Waals surface area contributed by atoms with Crippen molar-refractivity contribution < 1.29 is 4.79 Å². The Hall–Kier alpha value is -1.88. The third-order valence-corrected chi connectivity index (χ3v) is 3.65. The van der Waals surface area contributed by atoms with Crippen LogP contribution < -0.4 is 10.6 Å². The van der Waals surface area contributed by atoms with Crippen molar-refractivity contribution in [2.75, 3.05) is 10.6 Å².